The van der Waals surface area contributed by atoms with Gasteiger partial charge in [-0.15, -0.1) is 0 Å². The van der Waals surface area contributed by atoms with Gasteiger partial charge in [0.25, 0.3) is 0 Å². The summed E-state index contributed by atoms with van der Waals surface area (Å²) in [6.07, 6.45) is 5.86. The van der Waals surface area contributed by atoms with Gasteiger partial charge >= 0.3 is 11.9 Å². The molecule has 0 unspecified atom stereocenters. The molecule has 0 fully saturated rings. The van der Waals surface area contributed by atoms with Gasteiger partial charge in [-0.05, 0) is 100 Å². The third kappa shape index (κ3) is 10.7. The van der Waals surface area contributed by atoms with Gasteiger partial charge in [0.1, 0.15) is 0 Å². The van der Waals surface area contributed by atoms with E-state index in [1.54, 1.807) is 36.4 Å². The SMILES string of the molecule is CCCCCCCOC(=O)c1ccc(I)cc1.O=C(O)c1ccc(I)cc1. The highest BCUT2D eigenvalue weighted by Crippen LogP contribution is 2.09. The summed E-state index contributed by atoms with van der Waals surface area (Å²) in [5.41, 5.74) is 0.972. The molecule has 0 saturated carbocycles. The quantitative estimate of drug-likeness (QED) is 0.218. The van der Waals surface area contributed by atoms with Crippen LogP contribution in [0.5, 0.6) is 0 Å². The first-order valence-corrected chi connectivity index (χ1v) is 11.0. The Hall–Kier alpha value is -1.16. The van der Waals surface area contributed by atoms with Crippen LogP contribution in [0.15, 0.2) is 48.5 Å². The van der Waals surface area contributed by atoms with Gasteiger partial charge in [0.2, 0.25) is 0 Å². The van der Waals surface area contributed by atoms with Gasteiger partial charge in [0.05, 0.1) is 17.7 Å². The zero-order chi connectivity index (χ0) is 20.1. The highest BCUT2D eigenvalue weighted by Gasteiger charge is 2.05. The molecular formula is C21H24I2O4. The third-order valence-corrected chi connectivity index (χ3v) is 5.09. The molecule has 0 aromatic heterocycles. The number of carbonyl (C=O) groups excluding carboxylic acids is 1. The Kier molecular flexibility index (Phi) is 12.3. The lowest BCUT2D eigenvalue weighted by Gasteiger charge is -2.04. The highest BCUT2D eigenvalue weighted by atomic mass is 127. The molecule has 2 rings (SSSR count). The Morgan fingerprint density at radius 1 is 0.815 bits per heavy atom. The van der Waals surface area contributed by atoms with Crippen LogP contribution in [-0.4, -0.2) is 23.7 Å². The molecule has 0 heterocycles. The Balaban J connectivity index is 0.000000309. The highest BCUT2D eigenvalue weighted by molar-refractivity contribution is 14.1. The number of halogens is 2. The average Bonchev–Trinajstić information content (AvgIpc) is 2.66. The van der Waals surface area contributed by atoms with E-state index in [0.29, 0.717) is 17.7 Å². The Morgan fingerprint density at radius 3 is 1.78 bits per heavy atom. The van der Waals surface area contributed by atoms with Crippen molar-refractivity contribution in [2.75, 3.05) is 6.61 Å². The molecule has 0 radical (unpaired) electrons. The van der Waals surface area contributed by atoms with Crippen LogP contribution in [0.2, 0.25) is 0 Å². The molecule has 0 amide bonds. The number of carbonyl (C=O) groups is 2. The summed E-state index contributed by atoms with van der Waals surface area (Å²) in [6.45, 7) is 2.73. The molecule has 0 aliphatic rings. The number of carboxylic acids is 1. The molecule has 6 heteroatoms. The normalized spacial score (nSPS) is 9.89. The molecule has 0 aliphatic heterocycles. The lowest BCUT2D eigenvalue weighted by Crippen LogP contribution is -2.06. The number of benzene rings is 2. The number of esters is 1. The molecule has 0 aliphatic carbocycles. The molecule has 0 bridgehead atoms. The van der Waals surface area contributed by atoms with E-state index in [9.17, 15) is 9.59 Å². The van der Waals surface area contributed by atoms with Crippen LogP contribution < -0.4 is 0 Å². The van der Waals surface area contributed by atoms with Crippen LogP contribution in [0, 0.1) is 7.14 Å². The molecule has 4 nitrogen and oxygen atoms in total. The number of ether oxygens (including phenoxy) is 1. The zero-order valence-corrected chi connectivity index (χ0v) is 19.6. The lowest BCUT2D eigenvalue weighted by molar-refractivity contribution is 0.0497. The van der Waals surface area contributed by atoms with Gasteiger partial charge < -0.3 is 9.84 Å². The molecule has 2 aromatic carbocycles. The molecule has 0 spiro atoms. The molecule has 27 heavy (non-hydrogen) atoms. The van der Waals surface area contributed by atoms with Crippen molar-refractivity contribution >= 4 is 57.1 Å². The monoisotopic (exact) mass is 594 g/mol. The van der Waals surface area contributed by atoms with E-state index in [0.717, 1.165) is 20.0 Å². The second-order valence-corrected chi connectivity index (χ2v) is 8.36. The minimum atomic E-state index is -0.878. The molecular weight excluding hydrogens is 570 g/mol. The topological polar surface area (TPSA) is 63.6 Å². The standard InChI is InChI=1S/C14H19IO2.C7H5IO2/c1-2-3-4-5-6-11-17-14(16)12-7-9-13(15)10-8-12;8-6-3-1-5(2-4-6)7(9)10/h7-10H,2-6,11H2,1H3;1-4H,(H,9,10). The Labute approximate surface area is 188 Å². The second-order valence-electron chi connectivity index (χ2n) is 5.87. The Morgan fingerprint density at radius 2 is 1.30 bits per heavy atom. The molecule has 2 aromatic rings. The van der Waals surface area contributed by atoms with Crippen LogP contribution in [0.3, 0.4) is 0 Å². The van der Waals surface area contributed by atoms with Crippen molar-refractivity contribution < 1.29 is 19.4 Å². The van der Waals surface area contributed by atoms with E-state index in [1.165, 1.54) is 19.3 Å². The first kappa shape index (κ1) is 23.9. The van der Waals surface area contributed by atoms with Crippen molar-refractivity contribution in [1.29, 1.82) is 0 Å². The van der Waals surface area contributed by atoms with Crippen molar-refractivity contribution in [1.82, 2.24) is 0 Å². The van der Waals surface area contributed by atoms with Crippen LogP contribution in [0.25, 0.3) is 0 Å². The van der Waals surface area contributed by atoms with E-state index >= 15 is 0 Å². The number of hydrogen-bond donors (Lipinski definition) is 1. The third-order valence-electron chi connectivity index (χ3n) is 3.65. The number of unbranched alkanes of at least 4 members (excludes halogenated alkanes) is 4. The van der Waals surface area contributed by atoms with Gasteiger partial charge in [-0.1, -0.05) is 32.6 Å². The van der Waals surface area contributed by atoms with E-state index < -0.39 is 5.97 Å². The minimum absolute atomic E-state index is 0.211. The summed E-state index contributed by atoms with van der Waals surface area (Å²) in [5, 5.41) is 8.47. The molecule has 0 saturated heterocycles. The minimum Gasteiger partial charge on any atom is -0.478 e. The first-order valence-electron chi connectivity index (χ1n) is 8.85. The van der Waals surface area contributed by atoms with Crippen LogP contribution >= 0.6 is 45.2 Å². The lowest BCUT2D eigenvalue weighted by atomic mass is 10.2. The van der Waals surface area contributed by atoms with Crippen LogP contribution in [0.4, 0.5) is 0 Å². The smallest absolute Gasteiger partial charge is 0.338 e. The number of hydrogen-bond acceptors (Lipinski definition) is 3. The molecule has 1 N–H and O–H groups in total. The maximum atomic E-state index is 11.6. The number of aromatic carboxylic acids is 1. The summed E-state index contributed by atoms with van der Waals surface area (Å²) < 4.78 is 7.37. The fourth-order valence-electron chi connectivity index (χ4n) is 2.13. The van der Waals surface area contributed by atoms with E-state index in [1.807, 2.05) is 12.1 Å². The van der Waals surface area contributed by atoms with E-state index in [4.69, 9.17) is 9.84 Å². The van der Waals surface area contributed by atoms with Crippen molar-refractivity contribution in [3.63, 3.8) is 0 Å². The predicted octanol–water partition coefficient (Wildman–Crippen LogP) is 6.41. The van der Waals surface area contributed by atoms with Gasteiger partial charge in [-0.2, -0.15) is 0 Å². The predicted molar refractivity (Wildman–Crippen MR) is 124 cm³/mol. The summed E-state index contributed by atoms with van der Waals surface area (Å²) in [4.78, 5) is 21.9. The largest absolute Gasteiger partial charge is 0.478 e. The van der Waals surface area contributed by atoms with E-state index in [-0.39, 0.29) is 5.97 Å². The number of carboxylic acid groups (broad SMARTS) is 1. The summed E-state index contributed by atoms with van der Waals surface area (Å²) in [5.74, 6) is -1.09. The average molecular weight is 594 g/mol. The summed E-state index contributed by atoms with van der Waals surface area (Å²) in [7, 11) is 0. The fraction of sp³-hybridized carbons (Fsp3) is 0.333. The zero-order valence-electron chi connectivity index (χ0n) is 15.3. The number of rotatable bonds is 8. The van der Waals surface area contributed by atoms with Gasteiger partial charge in [0, 0.05) is 7.14 Å². The summed E-state index contributed by atoms with van der Waals surface area (Å²) >= 11 is 4.34. The van der Waals surface area contributed by atoms with Gasteiger partial charge in [0.15, 0.2) is 0 Å². The van der Waals surface area contributed by atoms with Crippen molar-refractivity contribution in [3.05, 3.63) is 66.8 Å². The van der Waals surface area contributed by atoms with Crippen molar-refractivity contribution in [3.8, 4) is 0 Å². The second kappa shape index (κ2) is 13.9. The first-order chi connectivity index (χ1) is 12.9. The molecule has 0 atom stereocenters. The molecule has 146 valence electrons. The van der Waals surface area contributed by atoms with Crippen molar-refractivity contribution in [2.45, 2.75) is 39.0 Å². The maximum absolute atomic E-state index is 11.6. The summed E-state index contributed by atoms with van der Waals surface area (Å²) in [6, 6.07) is 14.2. The maximum Gasteiger partial charge on any atom is 0.338 e. The van der Waals surface area contributed by atoms with Gasteiger partial charge in [-0.25, -0.2) is 9.59 Å². The fourth-order valence-corrected chi connectivity index (χ4v) is 2.85. The van der Waals surface area contributed by atoms with Crippen LogP contribution in [0.1, 0.15) is 59.7 Å². The van der Waals surface area contributed by atoms with Crippen LogP contribution in [-0.2, 0) is 4.74 Å². The Bertz CT molecular complexity index is 697. The van der Waals surface area contributed by atoms with Crippen molar-refractivity contribution in [2.24, 2.45) is 0 Å². The van der Waals surface area contributed by atoms with E-state index in [2.05, 4.69) is 52.1 Å². The van der Waals surface area contributed by atoms with Gasteiger partial charge in [-0.3, -0.25) is 0 Å².